The van der Waals surface area contributed by atoms with E-state index in [0.29, 0.717) is 38.2 Å². The first kappa shape index (κ1) is 16.9. The Morgan fingerprint density at radius 2 is 1.83 bits per heavy atom. The van der Waals surface area contributed by atoms with Gasteiger partial charge in [0.1, 0.15) is 0 Å². The molecule has 0 spiro atoms. The van der Waals surface area contributed by atoms with Crippen LogP contribution in [0.25, 0.3) is 0 Å². The molecule has 5 nitrogen and oxygen atoms in total. The number of methoxy groups -OCH3 is 1. The van der Waals surface area contributed by atoms with Crippen molar-refractivity contribution in [1.82, 2.24) is 0 Å². The van der Waals surface area contributed by atoms with Crippen molar-refractivity contribution in [2.75, 3.05) is 13.7 Å². The van der Waals surface area contributed by atoms with Gasteiger partial charge in [-0.1, -0.05) is 20.3 Å². The summed E-state index contributed by atoms with van der Waals surface area (Å²) in [5.74, 6) is -0.323. The Hall–Kier alpha value is -1.10. The van der Waals surface area contributed by atoms with Gasteiger partial charge in [-0.05, 0) is 18.8 Å². The summed E-state index contributed by atoms with van der Waals surface area (Å²) < 4.78 is 9.46. The van der Waals surface area contributed by atoms with Crippen LogP contribution >= 0.6 is 0 Å². The highest BCUT2D eigenvalue weighted by Crippen LogP contribution is 2.08. The molecule has 0 aromatic rings. The highest BCUT2D eigenvalue weighted by molar-refractivity contribution is 5.70. The summed E-state index contributed by atoms with van der Waals surface area (Å²) in [7, 11) is 1.35. The predicted octanol–water partition coefficient (Wildman–Crippen LogP) is 1.67. The zero-order valence-corrected chi connectivity index (χ0v) is 11.5. The Morgan fingerprint density at radius 3 is 2.39 bits per heavy atom. The fourth-order valence-electron chi connectivity index (χ4n) is 1.36. The minimum absolute atomic E-state index is 0.0188. The van der Waals surface area contributed by atoms with Gasteiger partial charge in [-0.25, -0.2) is 0 Å². The zero-order valence-electron chi connectivity index (χ0n) is 11.5. The molecule has 0 aliphatic rings. The molecule has 0 rings (SSSR count). The van der Waals surface area contributed by atoms with Crippen LogP contribution in [0, 0.1) is 5.92 Å². The third kappa shape index (κ3) is 10.1. The molecule has 5 heteroatoms. The molecule has 0 aromatic heterocycles. The predicted molar refractivity (Wildman–Crippen MR) is 66.9 cm³/mol. The van der Waals surface area contributed by atoms with Gasteiger partial charge in [-0.2, -0.15) is 0 Å². The van der Waals surface area contributed by atoms with Crippen molar-refractivity contribution in [3.63, 3.8) is 0 Å². The molecule has 0 unspecified atom stereocenters. The van der Waals surface area contributed by atoms with Gasteiger partial charge in [0.15, 0.2) is 0 Å². The number of esters is 2. The molecular formula is C13H24O5. The number of aliphatic hydroxyl groups excluding tert-OH is 1. The Labute approximate surface area is 108 Å². The van der Waals surface area contributed by atoms with Gasteiger partial charge in [0.05, 0.1) is 26.2 Å². The first-order chi connectivity index (χ1) is 8.45. The molecule has 0 bridgehead atoms. The van der Waals surface area contributed by atoms with E-state index in [9.17, 15) is 14.7 Å². The van der Waals surface area contributed by atoms with Gasteiger partial charge in [-0.3, -0.25) is 9.59 Å². The van der Waals surface area contributed by atoms with E-state index < -0.39 is 6.10 Å². The largest absolute Gasteiger partial charge is 0.469 e. The number of ether oxygens (including phenoxy) is 2. The molecule has 1 atom stereocenters. The second-order valence-electron chi connectivity index (χ2n) is 4.76. The monoisotopic (exact) mass is 260 g/mol. The van der Waals surface area contributed by atoms with E-state index >= 15 is 0 Å². The average molecular weight is 260 g/mol. The maximum absolute atomic E-state index is 11.3. The fourth-order valence-corrected chi connectivity index (χ4v) is 1.36. The highest BCUT2D eigenvalue weighted by Gasteiger charge is 2.12. The van der Waals surface area contributed by atoms with Gasteiger partial charge >= 0.3 is 11.9 Å². The van der Waals surface area contributed by atoms with Gasteiger partial charge in [0, 0.05) is 6.42 Å². The lowest BCUT2D eigenvalue weighted by atomic mass is 10.1. The van der Waals surface area contributed by atoms with Crippen LogP contribution in [0.2, 0.25) is 0 Å². The van der Waals surface area contributed by atoms with E-state index in [1.165, 1.54) is 7.11 Å². The third-order valence-electron chi connectivity index (χ3n) is 2.38. The summed E-state index contributed by atoms with van der Waals surface area (Å²) in [4.78, 5) is 22.1. The summed E-state index contributed by atoms with van der Waals surface area (Å²) >= 11 is 0. The fraction of sp³-hybridized carbons (Fsp3) is 0.846. The molecule has 1 N–H and O–H groups in total. The zero-order chi connectivity index (χ0) is 14.0. The second-order valence-corrected chi connectivity index (χ2v) is 4.76. The van der Waals surface area contributed by atoms with E-state index in [1.54, 1.807) is 0 Å². The van der Waals surface area contributed by atoms with Crippen molar-refractivity contribution in [2.24, 2.45) is 5.92 Å². The van der Waals surface area contributed by atoms with Crippen LogP contribution in [0.1, 0.15) is 46.0 Å². The van der Waals surface area contributed by atoms with Crippen LogP contribution in [-0.2, 0) is 19.1 Å². The highest BCUT2D eigenvalue weighted by atomic mass is 16.5. The van der Waals surface area contributed by atoms with Crippen molar-refractivity contribution < 1.29 is 24.2 Å². The minimum atomic E-state index is -0.692. The summed E-state index contributed by atoms with van der Waals surface area (Å²) in [5.41, 5.74) is 0. The van der Waals surface area contributed by atoms with Gasteiger partial charge in [0.2, 0.25) is 0 Å². The van der Waals surface area contributed by atoms with Crippen LogP contribution in [-0.4, -0.2) is 36.9 Å². The number of hydrogen-bond donors (Lipinski definition) is 1. The molecule has 0 radical (unpaired) electrons. The molecule has 0 amide bonds. The topological polar surface area (TPSA) is 72.8 Å². The normalized spacial score (nSPS) is 12.3. The van der Waals surface area contributed by atoms with E-state index in [2.05, 4.69) is 4.74 Å². The first-order valence-electron chi connectivity index (χ1n) is 6.36. The van der Waals surface area contributed by atoms with Crippen molar-refractivity contribution in [3.05, 3.63) is 0 Å². The van der Waals surface area contributed by atoms with Gasteiger partial charge < -0.3 is 14.6 Å². The summed E-state index contributed by atoms with van der Waals surface area (Å²) in [6.45, 7) is 4.29. The van der Waals surface area contributed by atoms with Crippen LogP contribution < -0.4 is 0 Å². The third-order valence-corrected chi connectivity index (χ3v) is 2.38. The number of unbranched alkanes of at least 4 members (excludes halogenated alkanes) is 1. The van der Waals surface area contributed by atoms with Crippen molar-refractivity contribution >= 4 is 11.9 Å². The lowest BCUT2D eigenvalue weighted by molar-refractivity contribution is -0.147. The lowest BCUT2D eigenvalue weighted by Gasteiger charge is -2.11. The maximum Gasteiger partial charge on any atom is 0.308 e. The Kier molecular flexibility index (Phi) is 9.28. The van der Waals surface area contributed by atoms with Crippen LogP contribution in [0.15, 0.2) is 0 Å². The van der Waals surface area contributed by atoms with Crippen molar-refractivity contribution in [2.45, 2.75) is 52.1 Å². The smallest absolute Gasteiger partial charge is 0.308 e. The number of carbonyl (C=O) groups excluding carboxylic acids is 2. The van der Waals surface area contributed by atoms with Crippen LogP contribution in [0.5, 0.6) is 0 Å². The molecule has 0 fully saturated rings. The summed E-state index contributed by atoms with van der Waals surface area (Å²) in [5, 5.41) is 9.59. The summed E-state index contributed by atoms with van der Waals surface area (Å²) in [6, 6.07) is 0. The van der Waals surface area contributed by atoms with Crippen molar-refractivity contribution in [1.29, 1.82) is 0 Å². The van der Waals surface area contributed by atoms with E-state index in [1.807, 2.05) is 13.8 Å². The molecular weight excluding hydrogens is 236 g/mol. The quantitative estimate of drug-likeness (QED) is 0.504. The average Bonchev–Trinajstić information content (AvgIpc) is 2.31. The van der Waals surface area contributed by atoms with Crippen molar-refractivity contribution in [3.8, 4) is 0 Å². The summed E-state index contributed by atoms with van der Waals surface area (Å²) in [6.07, 6.45) is 1.51. The second kappa shape index (κ2) is 9.88. The molecule has 18 heavy (non-hydrogen) atoms. The first-order valence-corrected chi connectivity index (χ1v) is 6.36. The minimum Gasteiger partial charge on any atom is -0.469 e. The number of hydrogen-bond acceptors (Lipinski definition) is 5. The Bertz CT molecular complexity index is 250. The molecule has 0 aromatic carbocycles. The van der Waals surface area contributed by atoms with E-state index in [0.717, 1.165) is 0 Å². The van der Waals surface area contributed by atoms with E-state index in [-0.39, 0.29) is 18.4 Å². The molecule has 0 aliphatic heterocycles. The Balaban J connectivity index is 3.55. The van der Waals surface area contributed by atoms with Gasteiger partial charge in [0.25, 0.3) is 0 Å². The molecule has 0 saturated carbocycles. The number of rotatable bonds is 9. The molecule has 0 aliphatic carbocycles. The lowest BCUT2D eigenvalue weighted by Crippen LogP contribution is -2.17. The molecule has 0 heterocycles. The van der Waals surface area contributed by atoms with Crippen LogP contribution in [0.4, 0.5) is 0 Å². The maximum atomic E-state index is 11.3. The molecule has 0 saturated heterocycles. The molecule has 106 valence electrons. The van der Waals surface area contributed by atoms with E-state index in [4.69, 9.17) is 4.74 Å². The van der Waals surface area contributed by atoms with Gasteiger partial charge in [-0.15, -0.1) is 0 Å². The number of aliphatic hydroxyl groups is 1. The van der Waals surface area contributed by atoms with Crippen LogP contribution in [0.3, 0.4) is 0 Å². The SMILES string of the molecule is COC(=O)CCCC[C@@H](O)CC(=O)OCC(C)C. The standard InChI is InChI=1S/C13H24O5/c1-10(2)9-18-13(16)8-11(14)6-4-5-7-12(15)17-3/h10-11,14H,4-9H2,1-3H3/t11-/m1/s1. The number of carbonyl (C=O) groups is 2. The Morgan fingerprint density at radius 1 is 1.17 bits per heavy atom.